The van der Waals surface area contributed by atoms with E-state index in [4.69, 9.17) is 0 Å². The molecule has 0 spiro atoms. The highest BCUT2D eigenvalue weighted by atomic mass is 16.2. The van der Waals surface area contributed by atoms with Crippen LogP contribution in [-0.2, 0) is 9.59 Å². The van der Waals surface area contributed by atoms with E-state index >= 15 is 0 Å². The Morgan fingerprint density at radius 1 is 1.00 bits per heavy atom. The standard InChI is InChI=1S/C23H26N4O3/c1-25(2)16-10-12-17(13-11-16)26-14-6-9-19(26)15-20-21(28)24-23(30)27(22(20)29)18-7-4-3-5-8-18/h6,9-15,18H,3-5,7-8H2,1-2H3,(H,24,28,30)/b20-15+. The molecule has 7 heteroatoms. The minimum Gasteiger partial charge on any atom is -0.378 e. The van der Waals surface area contributed by atoms with Crippen molar-refractivity contribution < 1.29 is 14.4 Å². The number of carbonyl (C=O) groups excluding carboxylic acids is 3. The molecule has 1 saturated heterocycles. The van der Waals surface area contributed by atoms with Crippen LogP contribution in [0.3, 0.4) is 0 Å². The fourth-order valence-electron chi connectivity index (χ4n) is 4.15. The Balaban J connectivity index is 1.65. The Kier molecular flexibility index (Phi) is 5.44. The van der Waals surface area contributed by atoms with Crippen LogP contribution in [0.15, 0.2) is 48.2 Å². The van der Waals surface area contributed by atoms with Gasteiger partial charge in [0.15, 0.2) is 0 Å². The van der Waals surface area contributed by atoms with Gasteiger partial charge in [0, 0.05) is 43.4 Å². The lowest BCUT2D eigenvalue weighted by Gasteiger charge is -2.35. The van der Waals surface area contributed by atoms with Crippen LogP contribution in [-0.4, -0.2) is 47.4 Å². The molecule has 1 N–H and O–H groups in total. The third kappa shape index (κ3) is 3.75. The van der Waals surface area contributed by atoms with Gasteiger partial charge in [-0.25, -0.2) is 4.79 Å². The molecule has 1 aromatic carbocycles. The molecule has 30 heavy (non-hydrogen) atoms. The molecule has 1 aromatic heterocycles. The van der Waals surface area contributed by atoms with Crippen molar-refractivity contribution in [2.75, 3.05) is 19.0 Å². The van der Waals surface area contributed by atoms with E-state index in [0.29, 0.717) is 5.69 Å². The van der Waals surface area contributed by atoms with E-state index in [1.165, 1.54) is 4.90 Å². The molecule has 1 aliphatic carbocycles. The highest BCUT2D eigenvalue weighted by Gasteiger charge is 2.40. The first-order chi connectivity index (χ1) is 14.5. The van der Waals surface area contributed by atoms with Gasteiger partial charge < -0.3 is 9.47 Å². The summed E-state index contributed by atoms with van der Waals surface area (Å²) in [6, 6.07) is 10.9. The van der Waals surface area contributed by atoms with E-state index in [0.717, 1.165) is 43.5 Å². The predicted octanol–water partition coefficient (Wildman–Crippen LogP) is 3.34. The molecular weight excluding hydrogens is 380 g/mol. The lowest BCUT2D eigenvalue weighted by Crippen LogP contribution is -2.58. The lowest BCUT2D eigenvalue weighted by atomic mass is 9.93. The average molecular weight is 406 g/mol. The quantitative estimate of drug-likeness (QED) is 0.624. The van der Waals surface area contributed by atoms with Crippen molar-refractivity contribution in [2.24, 2.45) is 0 Å². The number of urea groups is 1. The van der Waals surface area contributed by atoms with Crippen molar-refractivity contribution in [2.45, 2.75) is 38.1 Å². The maximum Gasteiger partial charge on any atom is 0.331 e. The van der Waals surface area contributed by atoms with Crippen molar-refractivity contribution >= 4 is 29.6 Å². The van der Waals surface area contributed by atoms with Gasteiger partial charge in [0.25, 0.3) is 11.8 Å². The van der Waals surface area contributed by atoms with Crippen molar-refractivity contribution in [1.82, 2.24) is 14.8 Å². The number of benzene rings is 1. The van der Waals surface area contributed by atoms with Crippen LogP contribution >= 0.6 is 0 Å². The van der Waals surface area contributed by atoms with Gasteiger partial charge in [0.05, 0.1) is 0 Å². The molecule has 7 nitrogen and oxygen atoms in total. The number of barbiturate groups is 1. The number of carbonyl (C=O) groups is 3. The smallest absolute Gasteiger partial charge is 0.331 e. The van der Waals surface area contributed by atoms with Crippen LogP contribution in [0.5, 0.6) is 0 Å². The van der Waals surface area contributed by atoms with E-state index in [1.807, 2.05) is 66.2 Å². The Hall–Kier alpha value is -3.35. The highest BCUT2D eigenvalue weighted by molar-refractivity contribution is 6.31. The Bertz CT molecular complexity index is 998. The molecule has 2 aromatic rings. The summed E-state index contributed by atoms with van der Waals surface area (Å²) in [7, 11) is 3.96. The first-order valence-corrected chi connectivity index (χ1v) is 10.3. The minimum absolute atomic E-state index is 0.00923. The number of imide groups is 2. The van der Waals surface area contributed by atoms with Crippen LogP contribution in [0, 0.1) is 0 Å². The van der Waals surface area contributed by atoms with Crippen molar-refractivity contribution in [3.8, 4) is 5.69 Å². The molecule has 0 bridgehead atoms. The number of hydrogen-bond donors (Lipinski definition) is 1. The second kappa shape index (κ2) is 8.18. The zero-order chi connectivity index (χ0) is 21.3. The molecule has 2 heterocycles. The second-order valence-electron chi connectivity index (χ2n) is 8.00. The summed E-state index contributed by atoms with van der Waals surface area (Å²) in [5.74, 6) is -1.15. The predicted molar refractivity (Wildman–Crippen MR) is 115 cm³/mol. The van der Waals surface area contributed by atoms with E-state index in [2.05, 4.69) is 5.32 Å². The molecule has 1 aliphatic heterocycles. The summed E-state index contributed by atoms with van der Waals surface area (Å²) >= 11 is 0. The summed E-state index contributed by atoms with van der Waals surface area (Å²) in [6.45, 7) is 0. The molecule has 2 fully saturated rings. The number of amides is 4. The fraction of sp³-hybridized carbons (Fsp3) is 0.348. The summed E-state index contributed by atoms with van der Waals surface area (Å²) in [6.07, 6.45) is 8.11. The maximum atomic E-state index is 13.1. The van der Waals surface area contributed by atoms with Crippen molar-refractivity contribution in [1.29, 1.82) is 0 Å². The fourth-order valence-corrected chi connectivity index (χ4v) is 4.15. The third-order valence-electron chi connectivity index (χ3n) is 5.79. The number of aromatic nitrogens is 1. The Morgan fingerprint density at radius 3 is 2.37 bits per heavy atom. The number of nitrogens with one attached hydrogen (secondary N) is 1. The maximum absolute atomic E-state index is 13.1. The van der Waals surface area contributed by atoms with Gasteiger partial charge in [0.2, 0.25) is 0 Å². The van der Waals surface area contributed by atoms with Gasteiger partial charge in [-0.3, -0.25) is 19.8 Å². The number of anilines is 1. The van der Waals surface area contributed by atoms with E-state index < -0.39 is 17.8 Å². The van der Waals surface area contributed by atoms with E-state index in [1.54, 1.807) is 6.08 Å². The summed E-state index contributed by atoms with van der Waals surface area (Å²) < 4.78 is 1.91. The monoisotopic (exact) mass is 406 g/mol. The highest BCUT2D eigenvalue weighted by Crippen LogP contribution is 2.27. The SMILES string of the molecule is CN(C)c1ccc(-n2cccc2/C=C2\C(=O)NC(=O)N(C3CCCCC3)C2=O)cc1. The largest absolute Gasteiger partial charge is 0.378 e. The van der Waals surface area contributed by atoms with Gasteiger partial charge >= 0.3 is 6.03 Å². The third-order valence-corrected chi connectivity index (χ3v) is 5.79. The minimum atomic E-state index is -0.646. The molecule has 4 amide bonds. The van der Waals surface area contributed by atoms with Crippen molar-refractivity contribution in [3.05, 3.63) is 53.9 Å². The zero-order valence-electron chi connectivity index (χ0n) is 17.3. The molecule has 0 radical (unpaired) electrons. The molecule has 2 aliphatic rings. The molecule has 0 unspecified atom stereocenters. The number of hydrogen-bond acceptors (Lipinski definition) is 4. The first kappa shape index (κ1) is 19.9. The molecule has 4 rings (SSSR count). The summed E-state index contributed by atoms with van der Waals surface area (Å²) in [4.78, 5) is 41.2. The van der Waals surface area contributed by atoms with Crippen LogP contribution in [0.2, 0.25) is 0 Å². The zero-order valence-corrected chi connectivity index (χ0v) is 17.3. The Morgan fingerprint density at radius 2 is 1.70 bits per heavy atom. The van der Waals surface area contributed by atoms with Crippen LogP contribution in [0.1, 0.15) is 37.8 Å². The van der Waals surface area contributed by atoms with E-state index in [-0.39, 0.29) is 11.6 Å². The van der Waals surface area contributed by atoms with E-state index in [9.17, 15) is 14.4 Å². The van der Waals surface area contributed by atoms with Crippen LogP contribution in [0.25, 0.3) is 11.8 Å². The molecule has 1 saturated carbocycles. The molecule has 0 atom stereocenters. The van der Waals surface area contributed by atoms with Gasteiger partial charge in [-0.15, -0.1) is 0 Å². The van der Waals surface area contributed by atoms with Gasteiger partial charge in [-0.05, 0) is 55.3 Å². The number of nitrogens with zero attached hydrogens (tertiary/aromatic N) is 3. The van der Waals surface area contributed by atoms with Gasteiger partial charge in [-0.1, -0.05) is 19.3 Å². The van der Waals surface area contributed by atoms with Crippen LogP contribution in [0.4, 0.5) is 10.5 Å². The topological polar surface area (TPSA) is 74.7 Å². The Labute approximate surface area is 176 Å². The molecule has 156 valence electrons. The normalized spacial score (nSPS) is 19.3. The first-order valence-electron chi connectivity index (χ1n) is 10.3. The number of rotatable bonds is 4. The summed E-state index contributed by atoms with van der Waals surface area (Å²) in [5, 5.41) is 2.34. The van der Waals surface area contributed by atoms with Gasteiger partial charge in [-0.2, -0.15) is 0 Å². The van der Waals surface area contributed by atoms with Crippen molar-refractivity contribution in [3.63, 3.8) is 0 Å². The lowest BCUT2D eigenvalue weighted by molar-refractivity contribution is -0.132. The molecular formula is C23H26N4O3. The summed E-state index contributed by atoms with van der Waals surface area (Å²) in [5.41, 5.74) is 2.68. The second-order valence-corrected chi connectivity index (χ2v) is 8.00. The van der Waals surface area contributed by atoms with Gasteiger partial charge in [0.1, 0.15) is 5.57 Å². The average Bonchev–Trinajstić information content (AvgIpc) is 3.20. The van der Waals surface area contributed by atoms with Crippen LogP contribution < -0.4 is 10.2 Å².